The maximum absolute atomic E-state index is 6.47. The van der Waals surface area contributed by atoms with Crippen molar-refractivity contribution >= 4 is 6.08 Å². The van der Waals surface area contributed by atoms with E-state index in [2.05, 4.69) is 57.2 Å². The molecule has 1 atom stereocenters. The van der Waals surface area contributed by atoms with Gasteiger partial charge in [-0.3, -0.25) is 0 Å². The maximum atomic E-state index is 6.47. The van der Waals surface area contributed by atoms with Crippen LogP contribution in [0.3, 0.4) is 0 Å². The summed E-state index contributed by atoms with van der Waals surface area (Å²) in [5.41, 5.74) is 2.83. The summed E-state index contributed by atoms with van der Waals surface area (Å²) in [6, 6.07) is 10.7. The Morgan fingerprint density at radius 2 is 1.71 bits per heavy atom. The maximum Gasteiger partial charge on any atom is 0.0899 e. The minimum Gasteiger partial charge on any atom is -0.367 e. The van der Waals surface area contributed by atoms with Gasteiger partial charge >= 0.3 is 0 Å². The lowest BCUT2D eigenvalue weighted by Crippen LogP contribution is -2.30. The van der Waals surface area contributed by atoms with E-state index in [0.29, 0.717) is 6.10 Å². The van der Waals surface area contributed by atoms with Gasteiger partial charge in [-0.15, -0.1) is 0 Å². The topological polar surface area (TPSA) is 9.23 Å². The normalized spacial score (nSPS) is 22.8. The summed E-state index contributed by atoms with van der Waals surface area (Å²) in [7, 11) is 0. The zero-order chi connectivity index (χ0) is 15.1. The van der Waals surface area contributed by atoms with Crippen molar-refractivity contribution in [3.05, 3.63) is 41.5 Å². The first kappa shape index (κ1) is 16.3. The van der Waals surface area contributed by atoms with Crippen LogP contribution in [0.5, 0.6) is 0 Å². The number of benzene rings is 1. The van der Waals surface area contributed by atoms with Gasteiger partial charge in [0.2, 0.25) is 0 Å². The van der Waals surface area contributed by atoms with E-state index < -0.39 is 0 Å². The molecule has 1 aromatic rings. The lowest BCUT2D eigenvalue weighted by atomic mass is 9.83. The first-order chi connectivity index (χ1) is 10.2. The standard InChI is InChI=1S/C20H30O/c1-4-6-13-20(14-7-5-2)19(15-17(3)21-20)16-18-11-9-8-10-12-18/h8-12,16-17H,4-7,13-15H2,1-3H3/b19-16-. The molecule has 1 saturated heterocycles. The van der Waals surface area contributed by atoms with E-state index in [9.17, 15) is 0 Å². The molecule has 1 heteroatoms. The molecular formula is C20H30O. The van der Waals surface area contributed by atoms with Crippen LogP contribution in [0.25, 0.3) is 6.08 Å². The molecule has 21 heavy (non-hydrogen) atoms. The third-order valence-electron chi connectivity index (χ3n) is 4.53. The van der Waals surface area contributed by atoms with Crippen molar-refractivity contribution in [1.29, 1.82) is 0 Å². The van der Waals surface area contributed by atoms with Crippen LogP contribution in [0.4, 0.5) is 0 Å². The van der Waals surface area contributed by atoms with Gasteiger partial charge in [0.05, 0.1) is 11.7 Å². The minimum atomic E-state index is 0.00127. The molecule has 1 heterocycles. The van der Waals surface area contributed by atoms with Gasteiger partial charge in [0, 0.05) is 0 Å². The lowest BCUT2D eigenvalue weighted by molar-refractivity contribution is -0.0323. The van der Waals surface area contributed by atoms with Crippen LogP contribution < -0.4 is 0 Å². The Balaban J connectivity index is 2.27. The molecule has 0 radical (unpaired) electrons. The van der Waals surface area contributed by atoms with E-state index in [1.165, 1.54) is 49.7 Å². The van der Waals surface area contributed by atoms with Crippen LogP contribution in [0.15, 0.2) is 35.9 Å². The van der Waals surface area contributed by atoms with E-state index in [1.807, 2.05) is 0 Å². The van der Waals surface area contributed by atoms with Gasteiger partial charge in [-0.05, 0) is 37.3 Å². The smallest absolute Gasteiger partial charge is 0.0899 e. The number of hydrogen-bond donors (Lipinski definition) is 0. The molecule has 1 fully saturated rings. The second kappa shape index (κ2) is 7.79. The summed E-state index contributed by atoms with van der Waals surface area (Å²) in [6.45, 7) is 6.76. The van der Waals surface area contributed by atoms with Crippen molar-refractivity contribution in [1.82, 2.24) is 0 Å². The van der Waals surface area contributed by atoms with E-state index >= 15 is 0 Å². The first-order valence-corrected chi connectivity index (χ1v) is 8.64. The zero-order valence-electron chi connectivity index (χ0n) is 13.9. The Morgan fingerprint density at radius 1 is 1.10 bits per heavy atom. The summed E-state index contributed by atoms with van der Waals surface area (Å²) in [5.74, 6) is 0. The fourth-order valence-corrected chi connectivity index (χ4v) is 3.43. The highest BCUT2D eigenvalue weighted by atomic mass is 16.5. The molecule has 0 aromatic heterocycles. The molecule has 0 spiro atoms. The highest BCUT2D eigenvalue weighted by Gasteiger charge is 2.41. The third-order valence-corrected chi connectivity index (χ3v) is 4.53. The van der Waals surface area contributed by atoms with Crippen LogP contribution in [0.2, 0.25) is 0 Å². The number of rotatable bonds is 7. The van der Waals surface area contributed by atoms with E-state index in [-0.39, 0.29) is 5.60 Å². The molecule has 0 aliphatic carbocycles. The largest absolute Gasteiger partial charge is 0.367 e. The minimum absolute atomic E-state index is 0.00127. The molecule has 2 rings (SSSR count). The number of unbranched alkanes of at least 4 members (excludes halogenated alkanes) is 2. The van der Waals surface area contributed by atoms with Crippen LogP contribution in [0, 0.1) is 0 Å². The number of hydrogen-bond acceptors (Lipinski definition) is 1. The SMILES string of the molecule is CCCCC1(CCCC)OC(C)C/C1=C/c1ccccc1. The summed E-state index contributed by atoms with van der Waals surface area (Å²) in [6.07, 6.45) is 11.2. The first-order valence-electron chi connectivity index (χ1n) is 8.64. The predicted molar refractivity (Wildman–Crippen MR) is 91.4 cm³/mol. The second-order valence-electron chi connectivity index (χ2n) is 6.41. The van der Waals surface area contributed by atoms with Crippen molar-refractivity contribution in [3.63, 3.8) is 0 Å². The average molecular weight is 286 g/mol. The lowest BCUT2D eigenvalue weighted by Gasteiger charge is -2.31. The van der Waals surface area contributed by atoms with Gasteiger partial charge in [-0.1, -0.05) is 75.9 Å². The van der Waals surface area contributed by atoms with Gasteiger partial charge < -0.3 is 4.74 Å². The predicted octanol–water partition coefficient (Wildman–Crippen LogP) is 6.00. The quantitative estimate of drug-likeness (QED) is 0.597. The molecule has 1 aliphatic rings. The average Bonchev–Trinajstić information content (AvgIpc) is 2.80. The highest BCUT2D eigenvalue weighted by molar-refractivity contribution is 5.56. The Morgan fingerprint density at radius 3 is 2.29 bits per heavy atom. The van der Waals surface area contributed by atoms with Crippen LogP contribution in [-0.4, -0.2) is 11.7 Å². The summed E-state index contributed by atoms with van der Waals surface area (Å²) < 4.78 is 6.47. The molecule has 1 aromatic carbocycles. The van der Waals surface area contributed by atoms with E-state index in [4.69, 9.17) is 4.74 Å². The van der Waals surface area contributed by atoms with Crippen molar-refractivity contribution in [2.75, 3.05) is 0 Å². The Bertz CT molecular complexity index is 438. The fourth-order valence-electron chi connectivity index (χ4n) is 3.43. The van der Waals surface area contributed by atoms with E-state index in [0.717, 1.165) is 6.42 Å². The Hall–Kier alpha value is -1.08. The monoisotopic (exact) mass is 286 g/mol. The Kier molecular flexibility index (Phi) is 6.05. The molecule has 1 unspecified atom stereocenters. The molecule has 1 nitrogen and oxygen atoms in total. The molecule has 1 aliphatic heterocycles. The van der Waals surface area contributed by atoms with Crippen LogP contribution >= 0.6 is 0 Å². The third kappa shape index (κ3) is 4.20. The zero-order valence-corrected chi connectivity index (χ0v) is 13.9. The van der Waals surface area contributed by atoms with Crippen molar-refractivity contribution in [3.8, 4) is 0 Å². The van der Waals surface area contributed by atoms with Crippen molar-refractivity contribution < 1.29 is 4.74 Å². The van der Waals surface area contributed by atoms with Gasteiger partial charge in [-0.25, -0.2) is 0 Å². The highest BCUT2D eigenvalue weighted by Crippen LogP contribution is 2.43. The molecule has 0 amide bonds. The van der Waals surface area contributed by atoms with Crippen molar-refractivity contribution in [2.45, 2.75) is 77.4 Å². The van der Waals surface area contributed by atoms with Gasteiger partial charge in [0.1, 0.15) is 0 Å². The molecule has 0 N–H and O–H groups in total. The summed E-state index contributed by atoms with van der Waals surface area (Å²) in [5, 5.41) is 0. The summed E-state index contributed by atoms with van der Waals surface area (Å²) in [4.78, 5) is 0. The van der Waals surface area contributed by atoms with Gasteiger partial charge in [0.15, 0.2) is 0 Å². The van der Waals surface area contributed by atoms with Gasteiger partial charge in [-0.2, -0.15) is 0 Å². The number of ether oxygens (including phenoxy) is 1. The van der Waals surface area contributed by atoms with Crippen LogP contribution in [-0.2, 0) is 4.74 Å². The van der Waals surface area contributed by atoms with Gasteiger partial charge in [0.25, 0.3) is 0 Å². The summed E-state index contributed by atoms with van der Waals surface area (Å²) >= 11 is 0. The molecule has 0 bridgehead atoms. The molecular weight excluding hydrogens is 256 g/mol. The molecule has 116 valence electrons. The molecule has 0 saturated carbocycles. The fraction of sp³-hybridized carbons (Fsp3) is 0.600. The van der Waals surface area contributed by atoms with Crippen molar-refractivity contribution in [2.24, 2.45) is 0 Å². The van der Waals surface area contributed by atoms with E-state index in [1.54, 1.807) is 0 Å². The Labute approximate surface area is 130 Å². The van der Waals surface area contributed by atoms with Crippen LogP contribution in [0.1, 0.15) is 71.3 Å². The second-order valence-corrected chi connectivity index (χ2v) is 6.41.